The first kappa shape index (κ1) is 25.4. The zero-order valence-corrected chi connectivity index (χ0v) is 21.5. The molecule has 1 saturated heterocycles. The van der Waals surface area contributed by atoms with E-state index in [9.17, 15) is 18.0 Å². The molecule has 3 aromatic heterocycles. The zero-order valence-electron chi connectivity index (χ0n) is 21.5. The van der Waals surface area contributed by atoms with E-state index in [0.29, 0.717) is 55.4 Å². The molecule has 0 atom stereocenters. The standard InChI is InChI=1S/C27H26F3N7O2/c1-16-13-18(25-31-14-20-19(33-25)4-6-23(32-20)27(28,29)30)3-5-22(16)36-7-8-37-24(26(36)38)17(2)21(34-37)15-35-9-11-39-12-10-35/h3-6,13-14H,7-12,15H2,1-2H3. The minimum Gasteiger partial charge on any atom is -0.379 e. The van der Waals surface area contributed by atoms with Gasteiger partial charge >= 0.3 is 6.18 Å². The van der Waals surface area contributed by atoms with Gasteiger partial charge in [-0.1, -0.05) is 0 Å². The number of hydrogen-bond donors (Lipinski definition) is 0. The van der Waals surface area contributed by atoms with Gasteiger partial charge in [-0.25, -0.2) is 15.0 Å². The minimum absolute atomic E-state index is 0.0702. The third-order valence-electron chi connectivity index (χ3n) is 7.22. The Kier molecular flexibility index (Phi) is 6.31. The molecule has 12 heteroatoms. The fourth-order valence-electron chi connectivity index (χ4n) is 5.13. The second-order valence-electron chi connectivity index (χ2n) is 9.78. The molecule has 202 valence electrons. The van der Waals surface area contributed by atoms with Crippen molar-refractivity contribution in [3.05, 3.63) is 64.7 Å². The maximum atomic E-state index is 13.6. The lowest BCUT2D eigenvalue weighted by molar-refractivity contribution is -0.140. The van der Waals surface area contributed by atoms with Gasteiger partial charge in [0.2, 0.25) is 0 Å². The van der Waals surface area contributed by atoms with Crippen LogP contribution < -0.4 is 4.90 Å². The Hall–Kier alpha value is -3.90. The number of fused-ring (bicyclic) bond motifs is 2. The summed E-state index contributed by atoms with van der Waals surface area (Å²) in [7, 11) is 0. The molecule has 0 aliphatic carbocycles. The van der Waals surface area contributed by atoms with Crippen LogP contribution >= 0.6 is 0 Å². The van der Waals surface area contributed by atoms with E-state index in [1.54, 1.807) is 4.90 Å². The van der Waals surface area contributed by atoms with Crippen molar-refractivity contribution in [2.45, 2.75) is 33.1 Å². The number of morpholine rings is 1. The highest BCUT2D eigenvalue weighted by atomic mass is 19.4. The number of ether oxygens (including phenoxy) is 1. The summed E-state index contributed by atoms with van der Waals surface area (Å²) in [5.74, 6) is 0.272. The van der Waals surface area contributed by atoms with E-state index in [4.69, 9.17) is 9.84 Å². The number of pyridine rings is 1. The second kappa shape index (κ2) is 9.69. The van der Waals surface area contributed by atoms with Gasteiger partial charge in [-0.2, -0.15) is 18.3 Å². The molecular weight excluding hydrogens is 511 g/mol. The molecule has 2 aliphatic heterocycles. The maximum absolute atomic E-state index is 13.6. The van der Waals surface area contributed by atoms with Gasteiger partial charge in [0, 0.05) is 43.0 Å². The van der Waals surface area contributed by atoms with Gasteiger partial charge < -0.3 is 9.64 Å². The Bertz CT molecular complexity index is 1580. The van der Waals surface area contributed by atoms with Gasteiger partial charge in [0.25, 0.3) is 5.91 Å². The first-order valence-corrected chi connectivity index (χ1v) is 12.7. The summed E-state index contributed by atoms with van der Waals surface area (Å²) in [5.41, 5.74) is 4.16. The summed E-state index contributed by atoms with van der Waals surface area (Å²) in [5, 5.41) is 4.75. The lowest BCUT2D eigenvalue weighted by Crippen LogP contribution is -2.41. The van der Waals surface area contributed by atoms with E-state index in [-0.39, 0.29) is 11.4 Å². The van der Waals surface area contributed by atoms with E-state index in [0.717, 1.165) is 41.7 Å². The molecule has 9 nitrogen and oxygen atoms in total. The highest BCUT2D eigenvalue weighted by Gasteiger charge is 2.33. The molecule has 39 heavy (non-hydrogen) atoms. The van der Waals surface area contributed by atoms with Crippen LogP contribution in [0.2, 0.25) is 0 Å². The zero-order chi connectivity index (χ0) is 27.3. The molecule has 0 radical (unpaired) electrons. The summed E-state index contributed by atoms with van der Waals surface area (Å²) in [4.78, 5) is 30.0. The molecule has 0 spiro atoms. The van der Waals surface area contributed by atoms with E-state index in [1.165, 1.54) is 12.3 Å². The van der Waals surface area contributed by atoms with Crippen molar-refractivity contribution < 1.29 is 22.7 Å². The smallest absolute Gasteiger partial charge is 0.379 e. The number of halogens is 3. The number of carbonyl (C=O) groups excluding carboxylic acids is 1. The van der Waals surface area contributed by atoms with Gasteiger partial charge in [-0.15, -0.1) is 0 Å². The van der Waals surface area contributed by atoms with Crippen molar-refractivity contribution in [3.63, 3.8) is 0 Å². The lowest BCUT2D eigenvalue weighted by Gasteiger charge is -2.29. The Morgan fingerprint density at radius 1 is 0.974 bits per heavy atom. The van der Waals surface area contributed by atoms with Crippen LogP contribution in [-0.4, -0.2) is 68.4 Å². The van der Waals surface area contributed by atoms with Gasteiger partial charge in [-0.3, -0.25) is 14.4 Å². The van der Waals surface area contributed by atoms with Gasteiger partial charge in [0.1, 0.15) is 16.9 Å². The molecule has 0 N–H and O–H groups in total. The summed E-state index contributed by atoms with van der Waals surface area (Å²) in [6, 6.07) is 7.76. The molecule has 4 aromatic rings. The van der Waals surface area contributed by atoms with Gasteiger partial charge in [0.05, 0.1) is 37.2 Å². The highest BCUT2D eigenvalue weighted by molar-refractivity contribution is 6.07. The van der Waals surface area contributed by atoms with Gasteiger partial charge in [0.15, 0.2) is 5.82 Å². The molecule has 1 fully saturated rings. The SMILES string of the molecule is Cc1cc(-c2ncc3nc(C(F)(F)F)ccc3n2)ccc1N1CCn2nc(CN3CCOCC3)c(C)c2C1=O. The van der Waals surface area contributed by atoms with Crippen molar-refractivity contribution in [3.8, 4) is 11.4 Å². The lowest BCUT2D eigenvalue weighted by atomic mass is 10.1. The first-order chi connectivity index (χ1) is 18.7. The Morgan fingerprint density at radius 3 is 2.51 bits per heavy atom. The maximum Gasteiger partial charge on any atom is 0.433 e. The van der Waals surface area contributed by atoms with E-state index in [1.807, 2.05) is 36.7 Å². The van der Waals surface area contributed by atoms with Crippen LogP contribution in [-0.2, 0) is 24.0 Å². The molecule has 0 unspecified atom stereocenters. The quantitative estimate of drug-likeness (QED) is 0.389. The van der Waals surface area contributed by atoms with Crippen LogP contribution in [0.5, 0.6) is 0 Å². The van der Waals surface area contributed by atoms with Crippen molar-refractivity contribution >= 4 is 22.6 Å². The summed E-state index contributed by atoms with van der Waals surface area (Å²) < 4.78 is 46.2. The van der Waals surface area contributed by atoms with Crippen molar-refractivity contribution in [1.29, 1.82) is 0 Å². The number of aryl methyl sites for hydroxylation is 1. The summed E-state index contributed by atoms with van der Waals surface area (Å²) in [6.07, 6.45) is -3.24. The molecule has 6 rings (SSSR count). The van der Waals surface area contributed by atoms with E-state index < -0.39 is 11.9 Å². The van der Waals surface area contributed by atoms with Gasteiger partial charge in [-0.05, 0) is 49.7 Å². The molecule has 1 amide bonds. The number of rotatable bonds is 4. The van der Waals surface area contributed by atoms with Crippen molar-refractivity contribution in [2.24, 2.45) is 0 Å². The van der Waals surface area contributed by atoms with Crippen LogP contribution in [0.3, 0.4) is 0 Å². The number of aromatic nitrogens is 5. The fraction of sp³-hybridized carbons (Fsp3) is 0.370. The number of benzene rings is 1. The Balaban J connectivity index is 1.25. The molecule has 5 heterocycles. The Labute approximate surface area is 222 Å². The number of anilines is 1. The largest absolute Gasteiger partial charge is 0.433 e. The molecule has 0 saturated carbocycles. The number of carbonyl (C=O) groups is 1. The number of nitrogens with zero attached hydrogens (tertiary/aromatic N) is 7. The van der Waals surface area contributed by atoms with E-state index in [2.05, 4.69) is 19.9 Å². The molecule has 2 aliphatic rings. The number of hydrogen-bond acceptors (Lipinski definition) is 7. The normalized spacial score (nSPS) is 16.6. The number of alkyl halides is 3. The predicted octanol–water partition coefficient (Wildman–Crippen LogP) is 4.02. The van der Waals surface area contributed by atoms with Crippen molar-refractivity contribution in [2.75, 3.05) is 37.7 Å². The summed E-state index contributed by atoms with van der Waals surface area (Å²) in [6.45, 7) is 8.73. The third-order valence-corrected chi connectivity index (χ3v) is 7.22. The minimum atomic E-state index is -4.54. The highest BCUT2D eigenvalue weighted by Crippen LogP contribution is 2.31. The molecule has 0 bridgehead atoms. The average Bonchev–Trinajstić information content (AvgIpc) is 3.24. The Morgan fingerprint density at radius 2 is 1.77 bits per heavy atom. The number of amides is 1. The second-order valence-corrected chi connectivity index (χ2v) is 9.78. The van der Waals surface area contributed by atoms with Crippen LogP contribution in [0.15, 0.2) is 36.5 Å². The first-order valence-electron chi connectivity index (χ1n) is 12.7. The fourth-order valence-corrected chi connectivity index (χ4v) is 5.13. The van der Waals surface area contributed by atoms with Crippen LogP contribution in [0.25, 0.3) is 22.4 Å². The van der Waals surface area contributed by atoms with E-state index >= 15 is 0 Å². The third kappa shape index (κ3) is 4.74. The monoisotopic (exact) mass is 537 g/mol. The average molecular weight is 538 g/mol. The van der Waals surface area contributed by atoms with Crippen LogP contribution in [0.4, 0.5) is 18.9 Å². The topological polar surface area (TPSA) is 89.3 Å². The summed E-state index contributed by atoms with van der Waals surface area (Å²) >= 11 is 0. The van der Waals surface area contributed by atoms with Crippen LogP contribution in [0.1, 0.15) is 33.0 Å². The molecule has 1 aromatic carbocycles. The molecular formula is C27H26F3N7O2. The van der Waals surface area contributed by atoms with Crippen LogP contribution in [0, 0.1) is 13.8 Å². The predicted molar refractivity (Wildman–Crippen MR) is 137 cm³/mol. The van der Waals surface area contributed by atoms with Crippen molar-refractivity contribution in [1.82, 2.24) is 29.6 Å².